The first-order chi connectivity index (χ1) is 20.1. The summed E-state index contributed by atoms with van der Waals surface area (Å²) in [7, 11) is 0. The van der Waals surface area contributed by atoms with E-state index in [-0.39, 0.29) is 22.8 Å². The first-order valence-electron chi connectivity index (χ1n) is 14.3. The Morgan fingerprint density at radius 1 is 1.00 bits per heavy atom. The lowest BCUT2D eigenvalue weighted by atomic mass is 9.82. The van der Waals surface area contributed by atoms with Crippen molar-refractivity contribution in [3.63, 3.8) is 0 Å². The molecular weight excluding hydrogens is 578 g/mol. The van der Waals surface area contributed by atoms with Crippen LogP contribution in [0.1, 0.15) is 60.0 Å². The minimum absolute atomic E-state index is 0.0846. The lowest BCUT2D eigenvalue weighted by Crippen LogP contribution is -2.56. The lowest BCUT2D eigenvalue weighted by Gasteiger charge is -2.48. The molecule has 1 atom stereocenters. The van der Waals surface area contributed by atoms with Gasteiger partial charge >= 0.3 is 5.97 Å². The molecule has 1 aliphatic heterocycles. The van der Waals surface area contributed by atoms with Crippen LogP contribution in [0.3, 0.4) is 0 Å². The number of likely N-dealkylation sites (tertiary alicyclic amines) is 1. The number of hydrogen-bond acceptors (Lipinski definition) is 4. The van der Waals surface area contributed by atoms with Crippen molar-refractivity contribution < 1.29 is 23.8 Å². The second-order valence-electron chi connectivity index (χ2n) is 11.9. The van der Waals surface area contributed by atoms with E-state index in [9.17, 15) is 19.1 Å². The maximum Gasteiger partial charge on any atom is 0.326 e. The van der Waals surface area contributed by atoms with Gasteiger partial charge in [0.15, 0.2) is 0 Å². The summed E-state index contributed by atoms with van der Waals surface area (Å²) in [5.41, 5.74) is 1.65. The van der Waals surface area contributed by atoms with Crippen molar-refractivity contribution in [2.24, 2.45) is 11.3 Å². The van der Waals surface area contributed by atoms with E-state index in [1.807, 2.05) is 48.5 Å². The second-order valence-corrected chi connectivity index (χ2v) is 12.8. The van der Waals surface area contributed by atoms with Gasteiger partial charge in [-0.05, 0) is 72.9 Å². The minimum Gasteiger partial charge on any atom is -0.493 e. The highest BCUT2D eigenvalue weighted by molar-refractivity contribution is 6.34. The van der Waals surface area contributed by atoms with Crippen LogP contribution in [0.4, 0.5) is 4.39 Å². The number of amides is 1. The average molecular weight is 614 g/mol. The molecule has 1 unspecified atom stereocenters. The van der Waals surface area contributed by atoms with E-state index in [4.69, 9.17) is 27.9 Å². The van der Waals surface area contributed by atoms with E-state index in [2.05, 4.69) is 17.1 Å². The summed E-state index contributed by atoms with van der Waals surface area (Å²) in [5.74, 6) is -1.88. The number of halogens is 3. The Bertz CT molecular complexity index is 1380. The zero-order chi connectivity index (χ0) is 29.9. The van der Waals surface area contributed by atoms with Crippen LogP contribution in [0.2, 0.25) is 10.0 Å². The van der Waals surface area contributed by atoms with Crippen LogP contribution in [0.5, 0.6) is 5.75 Å². The Hall–Kier alpha value is -3.13. The van der Waals surface area contributed by atoms with Gasteiger partial charge in [0, 0.05) is 41.2 Å². The normalized spacial score (nSPS) is 18.2. The van der Waals surface area contributed by atoms with Gasteiger partial charge in [0.25, 0.3) is 5.91 Å². The zero-order valence-electron chi connectivity index (χ0n) is 23.5. The molecule has 3 aromatic carbocycles. The third-order valence-corrected chi connectivity index (χ3v) is 8.23. The average Bonchev–Trinajstić information content (AvgIpc) is 3.85. The van der Waals surface area contributed by atoms with Crippen molar-refractivity contribution in [2.75, 3.05) is 19.7 Å². The number of nitrogens with zero attached hydrogens (tertiary/aromatic N) is 1. The maximum atomic E-state index is 15.0. The van der Waals surface area contributed by atoms with Gasteiger partial charge in [-0.3, -0.25) is 9.69 Å². The van der Waals surface area contributed by atoms with Gasteiger partial charge in [-0.2, -0.15) is 0 Å². The fourth-order valence-corrected chi connectivity index (χ4v) is 6.02. The molecule has 1 saturated heterocycles. The van der Waals surface area contributed by atoms with Crippen LogP contribution >= 0.6 is 23.2 Å². The molecular formula is C33H35Cl2FN2O4. The molecule has 3 aromatic rings. The van der Waals surface area contributed by atoms with Gasteiger partial charge in [-0.1, -0.05) is 66.5 Å². The molecule has 1 amide bonds. The molecule has 3 aliphatic rings. The fourth-order valence-electron chi connectivity index (χ4n) is 5.45. The number of carbonyl (C=O) groups is 2. The summed E-state index contributed by atoms with van der Waals surface area (Å²) in [4.78, 5) is 26.5. The van der Waals surface area contributed by atoms with Gasteiger partial charge in [-0.25, -0.2) is 9.18 Å². The lowest BCUT2D eigenvalue weighted by molar-refractivity contribution is -0.139. The molecule has 0 aromatic heterocycles. The van der Waals surface area contributed by atoms with E-state index in [0.717, 1.165) is 56.4 Å². The Balaban J connectivity index is 0.000000524. The Labute approximate surface area is 255 Å². The number of hydrogen-bond donors (Lipinski definition) is 2. The van der Waals surface area contributed by atoms with Gasteiger partial charge in [-0.15, -0.1) is 0 Å². The molecule has 42 heavy (non-hydrogen) atoms. The van der Waals surface area contributed by atoms with Crippen molar-refractivity contribution in [3.8, 4) is 5.75 Å². The van der Waals surface area contributed by atoms with Crippen molar-refractivity contribution >= 4 is 35.1 Å². The SMILES string of the molecule is CC1(COc2cc(F)c(C(=O)NC(C(=O)O)C3CC3)cc2C2CC2)CN(Cc2cc(Cl)cc(Cl)c2)C1.c1ccccc1. The van der Waals surface area contributed by atoms with E-state index in [0.29, 0.717) is 22.4 Å². The van der Waals surface area contributed by atoms with E-state index >= 15 is 0 Å². The summed E-state index contributed by atoms with van der Waals surface area (Å²) >= 11 is 12.2. The maximum absolute atomic E-state index is 15.0. The summed E-state index contributed by atoms with van der Waals surface area (Å²) < 4.78 is 21.1. The van der Waals surface area contributed by atoms with Crippen molar-refractivity contribution in [2.45, 2.75) is 51.1 Å². The Kier molecular flexibility index (Phi) is 9.41. The number of ether oxygens (including phenoxy) is 1. The summed E-state index contributed by atoms with van der Waals surface area (Å²) in [6.45, 7) is 4.92. The molecule has 2 saturated carbocycles. The molecule has 9 heteroatoms. The largest absolute Gasteiger partial charge is 0.493 e. The van der Waals surface area contributed by atoms with E-state index in [1.165, 1.54) is 6.07 Å². The minimum atomic E-state index is -1.09. The number of benzene rings is 3. The number of aliphatic carboxylic acids is 1. The first-order valence-corrected chi connectivity index (χ1v) is 15.0. The van der Waals surface area contributed by atoms with Crippen molar-refractivity contribution in [1.29, 1.82) is 0 Å². The number of carboxylic acid groups (broad SMARTS) is 1. The molecule has 222 valence electrons. The van der Waals surface area contributed by atoms with Crippen LogP contribution in [0.25, 0.3) is 0 Å². The van der Waals surface area contributed by atoms with Gasteiger partial charge in [0.05, 0.1) is 12.2 Å². The number of carbonyl (C=O) groups excluding carboxylic acids is 1. The highest BCUT2D eigenvalue weighted by Crippen LogP contribution is 2.46. The highest BCUT2D eigenvalue weighted by atomic mass is 35.5. The predicted octanol–water partition coefficient (Wildman–Crippen LogP) is 7.19. The summed E-state index contributed by atoms with van der Waals surface area (Å²) in [6.07, 6.45) is 3.41. The third kappa shape index (κ3) is 8.03. The summed E-state index contributed by atoms with van der Waals surface area (Å²) in [5, 5.41) is 13.1. The smallest absolute Gasteiger partial charge is 0.326 e. The number of carboxylic acids is 1. The Morgan fingerprint density at radius 2 is 1.60 bits per heavy atom. The van der Waals surface area contributed by atoms with Crippen LogP contribution in [-0.4, -0.2) is 47.6 Å². The molecule has 0 spiro atoms. The number of nitrogens with one attached hydrogen (secondary N) is 1. The van der Waals surface area contributed by atoms with Gasteiger partial charge in [0.2, 0.25) is 0 Å². The second kappa shape index (κ2) is 13.0. The van der Waals surface area contributed by atoms with Crippen molar-refractivity contribution in [1.82, 2.24) is 10.2 Å². The molecule has 3 fully saturated rings. The molecule has 6 nitrogen and oxygen atoms in total. The third-order valence-electron chi connectivity index (χ3n) is 7.79. The number of rotatable bonds is 10. The predicted molar refractivity (Wildman–Crippen MR) is 162 cm³/mol. The van der Waals surface area contributed by atoms with Crippen molar-refractivity contribution in [3.05, 3.63) is 99.3 Å². The molecule has 2 aliphatic carbocycles. The monoisotopic (exact) mass is 612 g/mol. The van der Waals surface area contributed by atoms with Gasteiger partial charge < -0.3 is 15.2 Å². The standard InChI is InChI=1S/C27H29Cl2FN2O4.C6H6/c1-27(12-32(13-27)11-15-6-18(28)8-19(29)7-15)14-36-23-10-22(30)21(9-20(23)16-2-3-16)25(33)31-24(26(34)35)17-4-5-17;1-2-4-6-5-3-1/h6-10,16-17,24H,2-5,11-14H2,1H3,(H,31,33)(H,34,35);1-6H. The molecule has 0 bridgehead atoms. The van der Waals surface area contributed by atoms with E-state index < -0.39 is 23.7 Å². The topological polar surface area (TPSA) is 78.9 Å². The molecule has 0 radical (unpaired) electrons. The fraction of sp³-hybridized carbons (Fsp3) is 0.394. The highest BCUT2D eigenvalue weighted by Gasteiger charge is 2.41. The quantitative estimate of drug-likeness (QED) is 0.253. The van der Waals surface area contributed by atoms with E-state index in [1.54, 1.807) is 12.1 Å². The molecule has 2 N–H and O–H groups in total. The summed E-state index contributed by atoms with van der Waals surface area (Å²) in [6, 6.07) is 19.4. The van der Waals surface area contributed by atoms with Crippen LogP contribution < -0.4 is 10.1 Å². The van der Waals surface area contributed by atoms with Crippen LogP contribution in [0, 0.1) is 17.2 Å². The van der Waals surface area contributed by atoms with Crippen LogP contribution in [0.15, 0.2) is 66.7 Å². The molecule has 1 heterocycles. The first kappa shape index (κ1) is 30.3. The Morgan fingerprint density at radius 3 is 2.12 bits per heavy atom. The zero-order valence-corrected chi connectivity index (χ0v) is 25.0. The molecule has 6 rings (SSSR count). The van der Waals surface area contributed by atoms with Gasteiger partial charge in [0.1, 0.15) is 17.6 Å². The van der Waals surface area contributed by atoms with Crippen LogP contribution in [-0.2, 0) is 11.3 Å².